The van der Waals surface area contributed by atoms with Gasteiger partial charge in [-0.25, -0.2) is 0 Å². The molecule has 3 rings (SSSR count). The molecule has 1 saturated heterocycles. The van der Waals surface area contributed by atoms with Crippen molar-refractivity contribution in [3.05, 3.63) is 30.1 Å². The Kier molecular flexibility index (Phi) is 4.88. The molecular weight excluding hydrogens is 262 g/mol. The van der Waals surface area contributed by atoms with Crippen LogP contribution in [-0.4, -0.2) is 49.3 Å². The maximum Gasteiger partial charge on any atom is 0.0472 e. The SMILES string of the molecule is CN(Cc1ccncc1)CC1(CNC2CC2)CCOCC1. The van der Waals surface area contributed by atoms with Gasteiger partial charge in [-0.2, -0.15) is 0 Å². The molecule has 4 heteroatoms. The highest BCUT2D eigenvalue weighted by atomic mass is 16.5. The molecule has 1 N–H and O–H groups in total. The van der Waals surface area contributed by atoms with E-state index in [1.54, 1.807) is 0 Å². The van der Waals surface area contributed by atoms with Gasteiger partial charge in [0.2, 0.25) is 0 Å². The molecule has 0 unspecified atom stereocenters. The van der Waals surface area contributed by atoms with Crippen LogP contribution in [0.3, 0.4) is 0 Å². The predicted molar refractivity (Wildman–Crippen MR) is 84.1 cm³/mol. The first-order valence-corrected chi connectivity index (χ1v) is 8.14. The van der Waals surface area contributed by atoms with Crippen molar-refractivity contribution in [2.75, 3.05) is 33.4 Å². The quantitative estimate of drug-likeness (QED) is 0.834. The second-order valence-electron chi connectivity index (χ2n) is 6.80. The smallest absolute Gasteiger partial charge is 0.0472 e. The normalized spacial score (nSPS) is 21.6. The number of hydrogen-bond acceptors (Lipinski definition) is 4. The fourth-order valence-corrected chi connectivity index (χ4v) is 3.27. The molecule has 2 heterocycles. The van der Waals surface area contributed by atoms with E-state index in [1.165, 1.54) is 31.2 Å². The number of hydrogen-bond donors (Lipinski definition) is 1. The van der Waals surface area contributed by atoms with Crippen LogP contribution in [0.2, 0.25) is 0 Å². The lowest BCUT2D eigenvalue weighted by atomic mass is 9.79. The van der Waals surface area contributed by atoms with E-state index in [0.29, 0.717) is 5.41 Å². The molecule has 116 valence electrons. The number of rotatable bonds is 7. The van der Waals surface area contributed by atoms with Crippen molar-refractivity contribution >= 4 is 0 Å². The minimum absolute atomic E-state index is 0.378. The van der Waals surface area contributed by atoms with Gasteiger partial charge in [-0.3, -0.25) is 4.98 Å². The zero-order valence-corrected chi connectivity index (χ0v) is 13.1. The van der Waals surface area contributed by atoms with E-state index in [4.69, 9.17) is 4.74 Å². The summed E-state index contributed by atoms with van der Waals surface area (Å²) in [6.07, 6.45) is 8.82. The van der Waals surface area contributed by atoms with Crippen LogP contribution in [0.25, 0.3) is 0 Å². The number of ether oxygens (including phenoxy) is 1. The highest BCUT2D eigenvalue weighted by Gasteiger charge is 2.35. The lowest BCUT2D eigenvalue weighted by Gasteiger charge is -2.40. The molecule has 1 aliphatic carbocycles. The van der Waals surface area contributed by atoms with Gasteiger partial charge in [0.15, 0.2) is 0 Å². The lowest BCUT2D eigenvalue weighted by molar-refractivity contribution is -0.00182. The van der Waals surface area contributed by atoms with Crippen molar-refractivity contribution in [2.45, 2.75) is 38.3 Å². The van der Waals surface area contributed by atoms with Crippen LogP contribution in [0, 0.1) is 5.41 Å². The third-order valence-corrected chi connectivity index (χ3v) is 4.70. The molecule has 0 bridgehead atoms. The highest BCUT2D eigenvalue weighted by Crippen LogP contribution is 2.32. The van der Waals surface area contributed by atoms with E-state index < -0.39 is 0 Å². The average molecular weight is 289 g/mol. The molecule has 2 fully saturated rings. The van der Waals surface area contributed by atoms with Crippen LogP contribution in [0.15, 0.2) is 24.5 Å². The molecule has 0 aromatic carbocycles. The summed E-state index contributed by atoms with van der Waals surface area (Å²) in [7, 11) is 2.23. The monoisotopic (exact) mass is 289 g/mol. The molecule has 1 aromatic rings. The van der Waals surface area contributed by atoms with Crippen molar-refractivity contribution < 1.29 is 4.74 Å². The molecule has 4 nitrogen and oxygen atoms in total. The third-order valence-electron chi connectivity index (χ3n) is 4.70. The Bertz CT molecular complexity index is 427. The summed E-state index contributed by atoms with van der Waals surface area (Å²) in [6.45, 7) is 5.10. The van der Waals surface area contributed by atoms with Crippen LogP contribution in [-0.2, 0) is 11.3 Å². The Labute approximate surface area is 127 Å². The summed E-state index contributed by atoms with van der Waals surface area (Å²) < 4.78 is 5.59. The van der Waals surface area contributed by atoms with Crippen molar-refractivity contribution in [1.29, 1.82) is 0 Å². The molecule has 21 heavy (non-hydrogen) atoms. The largest absolute Gasteiger partial charge is 0.381 e. The zero-order chi connectivity index (χ0) is 14.5. The van der Waals surface area contributed by atoms with Gasteiger partial charge in [-0.1, -0.05) is 0 Å². The Morgan fingerprint density at radius 2 is 2.00 bits per heavy atom. The average Bonchev–Trinajstić information content (AvgIpc) is 3.31. The van der Waals surface area contributed by atoms with Gasteiger partial charge in [0, 0.05) is 51.3 Å². The Morgan fingerprint density at radius 3 is 2.67 bits per heavy atom. The van der Waals surface area contributed by atoms with E-state index in [9.17, 15) is 0 Å². The van der Waals surface area contributed by atoms with Gasteiger partial charge in [-0.05, 0) is 55.8 Å². The second-order valence-corrected chi connectivity index (χ2v) is 6.80. The Hall–Kier alpha value is -0.970. The van der Waals surface area contributed by atoms with Gasteiger partial charge >= 0.3 is 0 Å². The zero-order valence-electron chi connectivity index (χ0n) is 13.1. The molecular formula is C17H27N3O. The summed E-state index contributed by atoms with van der Waals surface area (Å²) in [6, 6.07) is 5.00. The minimum Gasteiger partial charge on any atom is -0.381 e. The summed E-state index contributed by atoms with van der Waals surface area (Å²) in [5.74, 6) is 0. The number of pyridine rings is 1. The van der Waals surface area contributed by atoms with E-state index in [2.05, 4.69) is 34.4 Å². The second kappa shape index (κ2) is 6.86. The molecule has 1 aliphatic heterocycles. The minimum atomic E-state index is 0.378. The molecule has 0 spiro atoms. The summed E-state index contributed by atoms with van der Waals surface area (Å²) in [4.78, 5) is 6.55. The standard InChI is InChI=1S/C17H27N3O/c1-20(12-15-4-8-18-9-5-15)14-17(6-10-21-11-7-17)13-19-16-2-3-16/h4-5,8-9,16,19H,2-3,6-7,10-14H2,1H3. The number of aromatic nitrogens is 1. The van der Waals surface area contributed by atoms with Gasteiger partial charge in [0.25, 0.3) is 0 Å². The summed E-state index contributed by atoms with van der Waals surface area (Å²) in [5, 5.41) is 3.74. The van der Waals surface area contributed by atoms with Crippen molar-refractivity contribution in [3.63, 3.8) is 0 Å². The molecule has 0 radical (unpaired) electrons. The topological polar surface area (TPSA) is 37.4 Å². The highest BCUT2D eigenvalue weighted by molar-refractivity contribution is 5.09. The lowest BCUT2D eigenvalue weighted by Crippen LogP contribution is -2.46. The van der Waals surface area contributed by atoms with Crippen molar-refractivity contribution in [3.8, 4) is 0 Å². The molecule has 1 aromatic heterocycles. The van der Waals surface area contributed by atoms with Crippen LogP contribution in [0.1, 0.15) is 31.2 Å². The van der Waals surface area contributed by atoms with E-state index in [-0.39, 0.29) is 0 Å². The predicted octanol–water partition coefficient (Wildman–Crippen LogP) is 2.06. The Morgan fingerprint density at radius 1 is 1.29 bits per heavy atom. The summed E-state index contributed by atoms with van der Waals surface area (Å²) in [5.41, 5.74) is 1.72. The number of nitrogens with zero attached hydrogens (tertiary/aromatic N) is 2. The van der Waals surface area contributed by atoms with Gasteiger partial charge in [-0.15, -0.1) is 0 Å². The van der Waals surface area contributed by atoms with Crippen LogP contribution < -0.4 is 5.32 Å². The first kappa shape index (κ1) is 14.9. The molecule has 1 saturated carbocycles. The summed E-state index contributed by atoms with van der Waals surface area (Å²) >= 11 is 0. The van der Waals surface area contributed by atoms with Gasteiger partial charge < -0.3 is 15.0 Å². The van der Waals surface area contributed by atoms with Crippen LogP contribution in [0.4, 0.5) is 0 Å². The molecule has 2 aliphatic rings. The maximum absolute atomic E-state index is 5.59. The maximum atomic E-state index is 5.59. The van der Waals surface area contributed by atoms with Crippen LogP contribution in [0.5, 0.6) is 0 Å². The first-order chi connectivity index (χ1) is 10.3. The fourth-order valence-electron chi connectivity index (χ4n) is 3.27. The van der Waals surface area contributed by atoms with E-state index in [1.807, 2.05) is 12.4 Å². The Balaban J connectivity index is 1.57. The molecule has 0 amide bonds. The van der Waals surface area contributed by atoms with Crippen molar-refractivity contribution in [1.82, 2.24) is 15.2 Å². The van der Waals surface area contributed by atoms with E-state index in [0.717, 1.165) is 38.9 Å². The van der Waals surface area contributed by atoms with E-state index >= 15 is 0 Å². The molecule has 0 atom stereocenters. The third kappa shape index (κ3) is 4.50. The van der Waals surface area contributed by atoms with Crippen LogP contribution >= 0.6 is 0 Å². The van der Waals surface area contributed by atoms with Gasteiger partial charge in [0.05, 0.1) is 0 Å². The fraction of sp³-hybridized carbons (Fsp3) is 0.706. The first-order valence-electron chi connectivity index (χ1n) is 8.14. The number of nitrogens with one attached hydrogen (secondary N) is 1. The van der Waals surface area contributed by atoms with Crippen molar-refractivity contribution in [2.24, 2.45) is 5.41 Å². The van der Waals surface area contributed by atoms with Gasteiger partial charge in [0.1, 0.15) is 0 Å².